The third kappa shape index (κ3) is 1.94. The molecule has 2 aliphatic heterocycles. The van der Waals surface area contributed by atoms with E-state index < -0.39 is 0 Å². The summed E-state index contributed by atoms with van der Waals surface area (Å²) in [4.78, 5) is 7.09. The van der Waals surface area contributed by atoms with Crippen molar-refractivity contribution in [2.24, 2.45) is 11.8 Å². The van der Waals surface area contributed by atoms with Crippen LogP contribution in [0.3, 0.4) is 0 Å². The van der Waals surface area contributed by atoms with Crippen molar-refractivity contribution in [2.45, 2.75) is 13.5 Å². The molecule has 1 aromatic heterocycles. The lowest BCUT2D eigenvalue weighted by atomic mass is 10.0. The highest BCUT2D eigenvalue weighted by atomic mass is 32.1. The van der Waals surface area contributed by atoms with Gasteiger partial charge < -0.3 is 5.32 Å². The van der Waals surface area contributed by atoms with Gasteiger partial charge in [-0.2, -0.15) is 0 Å². The summed E-state index contributed by atoms with van der Waals surface area (Å²) < 4.78 is 0. The molecule has 82 valence electrons. The fourth-order valence-electron chi connectivity index (χ4n) is 2.75. The minimum atomic E-state index is 0.894. The van der Waals surface area contributed by atoms with Crippen molar-refractivity contribution in [2.75, 3.05) is 26.2 Å². The topological polar surface area (TPSA) is 28.2 Å². The van der Waals surface area contributed by atoms with Gasteiger partial charge in [-0.15, -0.1) is 11.3 Å². The number of aryl methyl sites for hydroxylation is 1. The molecule has 3 heterocycles. The molecule has 0 aliphatic carbocycles. The Hall–Kier alpha value is -0.450. The number of hydrogen-bond donors (Lipinski definition) is 1. The van der Waals surface area contributed by atoms with Gasteiger partial charge in [0.05, 0.1) is 6.54 Å². The highest BCUT2D eigenvalue weighted by Crippen LogP contribution is 2.27. The van der Waals surface area contributed by atoms with E-state index in [2.05, 4.69) is 27.5 Å². The number of aromatic nitrogens is 1. The van der Waals surface area contributed by atoms with Crippen molar-refractivity contribution in [3.63, 3.8) is 0 Å². The highest BCUT2D eigenvalue weighted by Gasteiger charge is 2.35. The molecule has 0 spiro atoms. The van der Waals surface area contributed by atoms with E-state index in [0.717, 1.165) is 24.1 Å². The molecule has 0 bridgehead atoms. The Kier molecular flexibility index (Phi) is 2.50. The van der Waals surface area contributed by atoms with Crippen LogP contribution < -0.4 is 5.32 Å². The molecule has 0 amide bonds. The summed E-state index contributed by atoms with van der Waals surface area (Å²) in [7, 11) is 0. The van der Waals surface area contributed by atoms with E-state index in [1.54, 1.807) is 11.3 Å². The predicted molar refractivity (Wildman–Crippen MR) is 62.0 cm³/mol. The summed E-state index contributed by atoms with van der Waals surface area (Å²) in [6, 6.07) is 0. The fourth-order valence-corrected chi connectivity index (χ4v) is 3.56. The first-order valence-corrected chi connectivity index (χ1v) is 6.53. The van der Waals surface area contributed by atoms with E-state index in [4.69, 9.17) is 0 Å². The van der Waals surface area contributed by atoms with E-state index in [-0.39, 0.29) is 0 Å². The number of hydrogen-bond acceptors (Lipinski definition) is 4. The predicted octanol–water partition coefficient (Wildman–Crippen LogP) is 1.10. The van der Waals surface area contributed by atoms with Crippen LogP contribution in [-0.2, 0) is 6.54 Å². The van der Waals surface area contributed by atoms with Gasteiger partial charge in [-0.25, -0.2) is 4.98 Å². The number of thiazole rings is 1. The molecule has 1 N–H and O–H groups in total. The minimum Gasteiger partial charge on any atom is -0.316 e. The lowest BCUT2D eigenvalue weighted by molar-refractivity contribution is 0.305. The fraction of sp³-hybridized carbons (Fsp3) is 0.727. The zero-order valence-corrected chi connectivity index (χ0v) is 9.89. The number of fused-ring (bicyclic) bond motifs is 1. The third-order valence-corrected chi connectivity index (χ3v) is 4.44. The van der Waals surface area contributed by atoms with Crippen LogP contribution in [-0.4, -0.2) is 36.1 Å². The quantitative estimate of drug-likeness (QED) is 0.814. The lowest BCUT2D eigenvalue weighted by Gasteiger charge is -2.14. The molecule has 2 atom stereocenters. The molecule has 2 fully saturated rings. The Morgan fingerprint density at radius 3 is 2.80 bits per heavy atom. The van der Waals surface area contributed by atoms with Crippen LogP contribution in [0.25, 0.3) is 0 Å². The van der Waals surface area contributed by atoms with E-state index in [1.165, 1.54) is 31.2 Å². The van der Waals surface area contributed by atoms with Crippen LogP contribution >= 0.6 is 11.3 Å². The second kappa shape index (κ2) is 3.85. The maximum atomic E-state index is 4.53. The van der Waals surface area contributed by atoms with Gasteiger partial charge in [-0.05, 0) is 31.8 Å². The number of nitrogens with zero attached hydrogens (tertiary/aromatic N) is 2. The number of nitrogens with one attached hydrogen (secondary N) is 1. The Labute approximate surface area is 94.5 Å². The molecule has 2 saturated heterocycles. The monoisotopic (exact) mass is 223 g/mol. The minimum absolute atomic E-state index is 0.894. The van der Waals surface area contributed by atoms with Crippen LogP contribution in [0.2, 0.25) is 0 Å². The van der Waals surface area contributed by atoms with E-state index in [0.29, 0.717) is 0 Å². The summed E-state index contributed by atoms with van der Waals surface area (Å²) in [5.74, 6) is 1.79. The molecule has 3 rings (SSSR count). The van der Waals surface area contributed by atoms with E-state index >= 15 is 0 Å². The summed E-state index contributed by atoms with van der Waals surface area (Å²) in [5, 5.41) is 6.90. The van der Waals surface area contributed by atoms with Crippen LogP contribution in [0.4, 0.5) is 0 Å². The molecule has 0 radical (unpaired) electrons. The Bertz CT molecular complexity index is 337. The summed E-state index contributed by atoms with van der Waals surface area (Å²) in [6.45, 7) is 8.09. The zero-order chi connectivity index (χ0) is 10.3. The van der Waals surface area contributed by atoms with Crippen molar-refractivity contribution >= 4 is 11.3 Å². The third-order valence-electron chi connectivity index (χ3n) is 3.49. The van der Waals surface area contributed by atoms with Crippen molar-refractivity contribution in [3.05, 3.63) is 16.1 Å². The first kappa shape index (κ1) is 9.75. The van der Waals surface area contributed by atoms with E-state index in [1.807, 2.05) is 0 Å². The molecule has 2 aliphatic rings. The molecule has 4 heteroatoms. The molecule has 0 unspecified atom stereocenters. The smallest absolute Gasteiger partial charge is 0.107 e. The van der Waals surface area contributed by atoms with Gasteiger partial charge >= 0.3 is 0 Å². The van der Waals surface area contributed by atoms with Gasteiger partial charge in [0.1, 0.15) is 5.01 Å². The normalized spacial score (nSPS) is 31.0. The Balaban J connectivity index is 1.61. The highest BCUT2D eigenvalue weighted by molar-refractivity contribution is 7.09. The number of likely N-dealkylation sites (tertiary alicyclic amines) is 1. The summed E-state index contributed by atoms with van der Waals surface area (Å²) >= 11 is 1.80. The van der Waals surface area contributed by atoms with E-state index in [9.17, 15) is 0 Å². The molecular formula is C11H17N3S. The van der Waals surface area contributed by atoms with Gasteiger partial charge in [-0.3, -0.25) is 4.90 Å². The van der Waals surface area contributed by atoms with Crippen LogP contribution in [0.5, 0.6) is 0 Å². The molecule has 15 heavy (non-hydrogen) atoms. The van der Waals surface area contributed by atoms with Crippen molar-refractivity contribution < 1.29 is 0 Å². The second-order valence-electron chi connectivity index (χ2n) is 4.76. The molecule has 3 nitrogen and oxygen atoms in total. The van der Waals surface area contributed by atoms with Gasteiger partial charge in [0.25, 0.3) is 0 Å². The van der Waals surface area contributed by atoms with Crippen LogP contribution in [0.1, 0.15) is 10.7 Å². The van der Waals surface area contributed by atoms with Crippen LogP contribution in [0, 0.1) is 18.8 Å². The lowest BCUT2D eigenvalue weighted by Crippen LogP contribution is -2.25. The maximum Gasteiger partial charge on any atom is 0.107 e. The van der Waals surface area contributed by atoms with Gasteiger partial charge in [0, 0.05) is 24.2 Å². The Morgan fingerprint density at radius 2 is 2.20 bits per heavy atom. The average Bonchev–Trinajstić information content (AvgIpc) is 2.81. The summed E-state index contributed by atoms with van der Waals surface area (Å²) in [6.07, 6.45) is 0. The molecular weight excluding hydrogens is 206 g/mol. The van der Waals surface area contributed by atoms with Crippen LogP contribution in [0.15, 0.2) is 5.38 Å². The van der Waals surface area contributed by atoms with Crippen molar-refractivity contribution in [1.29, 1.82) is 0 Å². The van der Waals surface area contributed by atoms with Crippen molar-refractivity contribution in [1.82, 2.24) is 15.2 Å². The number of rotatable bonds is 2. The molecule has 1 aromatic rings. The zero-order valence-electron chi connectivity index (χ0n) is 9.07. The first-order valence-electron chi connectivity index (χ1n) is 5.65. The maximum absolute atomic E-state index is 4.53. The standard InChI is InChI=1S/C11H17N3S/c1-8-7-15-11(13-8)6-14-4-9-2-12-3-10(9)5-14/h7,9-10,12H,2-6H2,1H3/t9-,10+. The van der Waals surface area contributed by atoms with Gasteiger partial charge in [0.2, 0.25) is 0 Å². The Morgan fingerprint density at radius 1 is 1.47 bits per heavy atom. The largest absolute Gasteiger partial charge is 0.316 e. The second-order valence-corrected chi connectivity index (χ2v) is 5.70. The van der Waals surface area contributed by atoms with Crippen molar-refractivity contribution in [3.8, 4) is 0 Å². The molecule has 0 saturated carbocycles. The van der Waals surface area contributed by atoms with Gasteiger partial charge in [0.15, 0.2) is 0 Å². The SMILES string of the molecule is Cc1csc(CN2C[C@H]3CNC[C@H]3C2)n1. The summed E-state index contributed by atoms with van der Waals surface area (Å²) in [5.41, 5.74) is 1.16. The first-order chi connectivity index (χ1) is 7.31. The molecule has 0 aromatic carbocycles. The van der Waals surface area contributed by atoms with Gasteiger partial charge in [-0.1, -0.05) is 0 Å². The average molecular weight is 223 g/mol.